The van der Waals surface area contributed by atoms with Crippen molar-refractivity contribution in [2.75, 3.05) is 13.2 Å². The molecule has 2 atom stereocenters. The lowest BCUT2D eigenvalue weighted by Gasteiger charge is -2.27. The van der Waals surface area contributed by atoms with Gasteiger partial charge in [0.05, 0.1) is 17.7 Å². The molecule has 0 aliphatic carbocycles. The molecule has 5 heteroatoms. The Hall–Kier alpha value is -2.92. The van der Waals surface area contributed by atoms with Crippen molar-refractivity contribution in [3.63, 3.8) is 0 Å². The van der Waals surface area contributed by atoms with E-state index in [-0.39, 0.29) is 17.4 Å². The molecular weight excluding hydrogens is 342 g/mol. The van der Waals surface area contributed by atoms with Crippen LogP contribution in [0.4, 0.5) is 0 Å². The summed E-state index contributed by atoms with van der Waals surface area (Å²) in [4.78, 5) is 27.2. The van der Waals surface area contributed by atoms with Crippen molar-refractivity contribution in [1.29, 1.82) is 0 Å². The first-order valence-electron chi connectivity index (χ1n) is 9.17. The van der Waals surface area contributed by atoms with E-state index < -0.39 is 17.7 Å². The Morgan fingerprint density at radius 3 is 2.33 bits per heavy atom. The van der Waals surface area contributed by atoms with Gasteiger partial charge in [-0.2, -0.15) is 0 Å². The molecule has 0 bridgehead atoms. The molecule has 27 heavy (non-hydrogen) atoms. The summed E-state index contributed by atoms with van der Waals surface area (Å²) in [5.41, 5.74) is 1.45. The van der Waals surface area contributed by atoms with Crippen LogP contribution in [0.2, 0.25) is 0 Å². The molecule has 5 nitrogen and oxygen atoms in total. The Labute approximate surface area is 157 Å². The lowest BCUT2D eigenvalue weighted by molar-refractivity contribution is -0.140. The quantitative estimate of drug-likeness (QED) is 0.514. The Kier molecular flexibility index (Phi) is 4.77. The number of carbonyl (C=O) groups excluding carboxylic acids is 2. The lowest BCUT2D eigenvalue weighted by atomic mass is 9.95. The first-order valence-corrected chi connectivity index (χ1v) is 9.17. The summed E-state index contributed by atoms with van der Waals surface area (Å²) in [6.45, 7) is 1.02. The van der Waals surface area contributed by atoms with Gasteiger partial charge >= 0.3 is 0 Å². The summed E-state index contributed by atoms with van der Waals surface area (Å²) >= 11 is 0. The fourth-order valence-corrected chi connectivity index (χ4v) is 3.81. The molecule has 138 valence electrons. The average molecular weight is 363 g/mol. The largest absolute Gasteiger partial charge is 0.507 e. The van der Waals surface area contributed by atoms with Gasteiger partial charge in [-0.3, -0.25) is 9.59 Å². The number of carbonyl (C=O) groups is 2. The Balaban J connectivity index is 1.81. The van der Waals surface area contributed by atoms with Gasteiger partial charge in [-0.15, -0.1) is 0 Å². The van der Waals surface area contributed by atoms with Crippen LogP contribution in [0.1, 0.15) is 30.0 Å². The summed E-state index contributed by atoms with van der Waals surface area (Å²) in [5, 5.41) is 10.9. The normalized spacial score (nSPS) is 24.5. The molecule has 0 saturated carbocycles. The zero-order chi connectivity index (χ0) is 18.8. The first kappa shape index (κ1) is 17.5. The van der Waals surface area contributed by atoms with Crippen LogP contribution in [-0.2, 0) is 14.3 Å². The third kappa shape index (κ3) is 3.26. The van der Waals surface area contributed by atoms with Gasteiger partial charge in [0.1, 0.15) is 5.76 Å². The lowest BCUT2D eigenvalue weighted by Crippen LogP contribution is -2.36. The molecule has 1 N–H and O–H groups in total. The zero-order valence-corrected chi connectivity index (χ0v) is 14.9. The van der Waals surface area contributed by atoms with E-state index in [2.05, 4.69) is 0 Å². The van der Waals surface area contributed by atoms with Crippen molar-refractivity contribution in [2.45, 2.75) is 25.0 Å². The van der Waals surface area contributed by atoms with Gasteiger partial charge in [0.25, 0.3) is 11.7 Å². The van der Waals surface area contributed by atoms with Gasteiger partial charge in [-0.25, -0.2) is 0 Å². The number of rotatable bonds is 4. The maximum absolute atomic E-state index is 12.8. The monoisotopic (exact) mass is 363 g/mol. The van der Waals surface area contributed by atoms with E-state index in [1.165, 1.54) is 0 Å². The molecule has 2 fully saturated rings. The summed E-state index contributed by atoms with van der Waals surface area (Å²) in [6.07, 6.45) is 1.74. The van der Waals surface area contributed by atoms with Crippen LogP contribution in [0.25, 0.3) is 5.76 Å². The van der Waals surface area contributed by atoms with Crippen LogP contribution in [0.15, 0.2) is 66.2 Å². The van der Waals surface area contributed by atoms with Crippen molar-refractivity contribution in [1.82, 2.24) is 4.90 Å². The molecule has 2 saturated heterocycles. The fourth-order valence-electron chi connectivity index (χ4n) is 3.81. The SMILES string of the molecule is O=C1C(=O)N(C[C@@H]2CCCO2)[C@H](c2ccccc2)C1=C(O)c1ccccc1. The summed E-state index contributed by atoms with van der Waals surface area (Å²) in [5.74, 6) is -1.38. The van der Waals surface area contributed by atoms with Gasteiger partial charge in [0.2, 0.25) is 0 Å². The predicted octanol–water partition coefficient (Wildman–Crippen LogP) is 3.29. The maximum Gasteiger partial charge on any atom is 0.295 e. The number of Topliss-reactive ketones (excluding diaryl/α,β-unsaturated/α-hetero) is 1. The molecule has 2 aliphatic heterocycles. The van der Waals surface area contributed by atoms with Crippen LogP contribution in [0, 0.1) is 0 Å². The van der Waals surface area contributed by atoms with E-state index in [0.29, 0.717) is 18.7 Å². The third-order valence-electron chi connectivity index (χ3n) is 5.13. The van der Waals surface area contributed by atoms with E-state index in [0.717, 1.165) is 18.4 Å². The molecule has 4 rings (SSSR count). The number of likely N-dealkylation sites (tertiary alicyclic amines) is 1. The zero-order valence-electron chi connectivity index (χ0n) is 14.9. The maximum atomic E-state index is 12.8. The van der Waals surface area contributed by atoms with Gasteiger partial charge < -0.3 is 14.7 Å². The number of hydrogen-bond donors (Lipinski definition) is 1. The molecule has 2 aromatic carbocycles. The number of ether oxygens (including phenoxy) is 1. The van der Waals surface area contributed by atoms with Gasteiger partial charge in [0, 0.05) is 18.7 Å². The molecule has 2 aliphatic rings. The highest BCUT2D eigenvalue weighted by molar-refractivity contribution is 6.46. The standard InChI is InChI=1S/C22H21NO4/c24-20(16-10-5-2-6-11-16)18-19(15-8-3-1-4-9-15)23(22(26)21(18)25)14-17-12-7-13-27-17/h1-6,8-11,17,19,24H,7,12-14H2/t17-,19+/m0/s1. The van der Waals surface area contributed by atoms with E-state index in [1.807, 2.05) is 36.4 Å². The summed E-state index contributed by atoms with van der Waals surface area (Å²) in [7, 11) is 0. The number of aliphatic hydroxyl groups excluding tert-OH is 1. The average Bonchev–Trinajstić information content (AvgIpc) is 3.31. The number of ketones is 1. The smallest absolute Gasteiger partial charge is 0.295 e. The number of benzene rings is 2. The van der Waals surface area contributed by atoms with Crippen LogP contribution >= 0.6 is 0 Å². The Morgan fingerprint density at radius 2 is 1.70 bits per heavy atom. The van der Waals surface area contributed by atoms with Crippen LogP contribution < -0.4 is 0 Å². The summed E-state index contributed by atoms with van der Waals surface area (Å²) < 4.78 is 5.68. The minimum atomic E-state index is -0.650. The number of hydrogen-bond acceptors (Lipinski definition) is 4. The molecule has 0 unspecified atom stereocenters. The second-order valence-corrected chi connectivity index (χ2v) is 6.86. The first-order chi connectivity index (χ1) is 13.2. The number of amides is 1. The van der Waals surface area contributed by atoms with Gasteiger partial charge in [-0.1, -0.05) is 60.7 Å². The van der Waals surface area contributed by atoms with E-state index in [9.17, 15) is 14.7 Å². The minimum Gasteiger partial charge on any atom is -0.507 e. The highest BCUT2D eigenvalue weighted by atomic mass is 16.5. The van der Waals surface area contributed by atoms with E-state index in [1.54, 1.807) is 29.2 Å². The van der Waals surface area contributed by atoms with Crippen molar-refractivity contribution in [2.24, 2.45) is 0 Å². The molecular formula is C22H21NO4. The molecule has 2 heterocycles. The topological polar surface area (TPSA) is 66.8 Å². The molecule has 0 spiro atoms. The second kappa shape index (κ2) is 7.37. The highest BCUT2D eigenvalue weighted by Crippen LogP contribution is 2.39. The van der Waals surface area contributed by atoms with Crippen molar-refractivity contribution < 1.29 is 19.4 Å². The third-order valence-corrected chi connectivity index (χ3v) is 5.13. The molecule has 0 aromatic heterocycles. The second-order valence-electron chi connectivity index (χ2n) is 6.86. The van der Waals surface area contributed by atoms with E-state index in [4.69, 9.17) is 4.74 Å². The van der Waals surface area contributed by atoms with Crippen LogP contribution in [-0.4, -0.2) is 41.0 Å². The number of aliphatic hydroxyl groups is 1. The Bertz CT molecular complexity index is 870. The van der Waals surface area contributed by atoms with Crippen molar-refractivity contribution >= 4 is 17.4 Å². The van der Waals surface area contributed by atoms with Crippen LogP contribution in [0.5, 0.6) is 0 Å². The number of nitrogens with zero attached hydrogens (tertiary/aromatic N) is 1. The fraction of sp³-hybridized carbons (Fsp3) is 0.273. The summed E-state index contributed by atoms with van der Waals surface area (Å²) in [6, 6.07) is 17.6. The van der Waals surface area contributed by atoms with Gasteiger partial charge in [0.15, 0.2) is 0 Å². The molecule has 2 aromatic rings. The molecule has 1 amide bonds. The van der Waals surface area contributed by atoms with Crippen LogP contribution in [0.3, 0.4) is 0 Å². The predicted molar refractivity (Wildman–Crippen MR) is 101 cm³/mol. The highest BCUT2D eigenvalue weighted by Gasteiger charge is 2.46. The minimum absolute atomic E-state index is 0.0776. The van der Waals surface area contributed by atoms with Crippen molar-refractivity contribution in [3.05, 3.63) is 77.4 Å². The van der Waals surface area contributed by atoms with Gasteiger partial charge in [-0.05, 0) is 18.4 Å². The molecule has 0 radical (unpaired) electrons. The van der Waals surface area contributed by atoms with Crippen molar-refractivity contribution in [3.8, 4) is 0 Å². The Morgan fingerprint density at radius 1 is 1.04 bits per heavy atom. The van der Waals surface area contributed by atoms with E-state index >= 15 is 0 Å².